The molecule has 1 aliphatic heterocycles. The molecule has 2 rings (SSSR count). The Balaban J connectivity index is 2.01. The number of carbonyl (C=O) groups excluding carboxylic acids is 1. The number of ether oxygens (including phenoxy) is 1. The summed E-state index contributed by atoms with van der Waals surface area (Å²) in [6.07, 6.45) is 1.67. The fourth-order valence-electron chi connectivity index (χ4n) is 2.00. The molecule has 1 unspecified atom stereocenters. The van der Waals surface area contributed by atoms with E-state index < -0.39 is 5.60 Å². The van der Waals surface area contributed by atoms with Crippen molar-refractivity contribution in [3.63, 3.8) is 0 Å². The van der Waals surface area contributed by atoms with Gasteiger partial charge in [-0.15, -0.1) is 0 Å². The van der Waals surface area contributed by atoms with Crippen molar-refractivity contribution in [1.82, 2.24) is 0 Å². The van der Waals surface area contributed by atoms with Crippen molar-refractivity contribution in [1.29, 1.82) is 0 Å². The number of aliphatic hydroxyl groups is 1. The van der Waals surface area contributed by atoms with Crippen LogP contribution in [0.25, 0.3) is 0 Å². The molecule has 1 atom stereocenters. The fourth-order valence-corrected chi connectivity index (χ4v) is 2.00. The first kappa shape index (κ1) is 13.6. The van der Waals surface area contributed by atoms with Crippen LogP contribution in [0.3, 0.4) is 0 Å². The molecule has 1 heterocycles. The van der Waals surface area contributed by atoms with Gasteiger partial charge in [0.25, 0.3) is 5.91 Å². The van der Waals surface area contributed by atoms with Crippen LogP contribution in [-0.4, -0.2) is 29.8 Å². The second-order valence-corrected chi connectivity index (χ2v) is 4.67. The highest BCUT2D eigenvalue weighted by Gasteiger charge is 2.37. The maximum Gasteiger partial charge on any atom is 0.256 e. The molecular formula is C15H17NO3. The zero-order valence-electron chi connectivity index (χ0n) is 10.9. The van der Waals surface area contributed by atoms with E-state index in [1.807, 2.05) is 6.92 Å². The summed E-state index contributed by atoms with van der Waals surface area (Å²) in [6, 6.07) is 7.18. The van der Waals surface area contributed by atoms with E-state index in [2.05, 4.69) is 17.2 Å². The summed E-state index contributed by atoms with van der Waals surface area (Å²) >= 11 is 0. The van der Waals surface area contributed by atoms with Gasteiger partial charge in [-0.2, -0.15) is 0 Å². The number of anilines is 1. The average Bonchev–Trinajstić information content (AvgIpc) is 2.86. The van der Waals surface area contributed by atoms with E-state index in [1.165, 1.54) is 0 Å². The van der Waals surface area contributed by atoms with Gasteiger partial charge < -0.3 is 15.2 Å². The number of nitrogens with one attached hydrogen (secondary N) is 1. The molecule has 2 N–H and O–H groups in total. The molecule has 1 aromatic rings. The predicted molar refractivity (Wildman–Crippen MR) is 72.6 cm³/mol. The van der Waals surface area contributed by atoms with Crippen molar-refractivity contribution < 1.29 is 14.6 Å². The summed E-state index contributed by atoms with van der Waals surface area (Å²) in [5, 5.41) is 11.5. The van der Waals surface area contributed by atoms with Crippen LogP contribution in [0, 0.1) is 11.8 Å². The second kappa shape index (κ2) is 5.87. The molecule has 0 saturated carbocycles. The first-order valence-electron chi connectivity index (χ1n) is 6.29. The van der Waals surface area contributed by atoms with Crippen molar-refractivity contribution in [3.05, 3.63) is 29.8 Å². The van der Waals surface area contributed by atoms with Gasteiger partial charge in [-0.3, -0.25) is 4.79 Å². The lowest BCUT2D eigenvalue weighted by atomic mass is 10.0. The summed E-state index contributed by atoms with van der Waals surface area (Å²) in [5.74, 6) is 5.26. The molecule has 0 aliphatic carbocycles. The van der Waals surface area contributed by atoms with E-state index in [0.29, 0.717) is 6.61 Å². The van der Waals surface area contributed by atoms with E-state index in [9.17, 15) is 4.79 Å². The Hall–Kier alpha value is -1.83. The van der Waals surface area contributed by atoms with Gasteiger partial charge in [-0.1, -0.05) is 11.8 Å². The molecule has 0 spiro atoms. The number of hydrogen-bond acceptors (Lipinski definition) is 3. The van der Waals surface area contributed by atoms with Gasteiger partial charge in [0.15, 0.2) is 0 Å². The van der Waals surface area contributed by atoms with Crippen molar-refractivity contribution >= 4 is 11.6 Å². The molecule has 4 nitrogen and oxygen atoms in total. The fraction of sp³-hybridized carbons (Fsp3) is 0.400. The summed E-state index contributed by atoms with van der Waals surface area (Å²) in [5.41, 5.74) is 0.807. The topological polar surface area (TPSA) is 58.6 Å². The number of benzene rings is 1. The minimum Gasteiger partial charge on any atom is -0.384 e. The van der Waals surface area contributed by atoms with Crippen molar-refractivity contribution in [2.75, 3.05) is 18.5 Å². The lowest BCUT2D eigenvalue weighted by Gasteiger charge is -2.21. The van der Waals surface area contributed by atoms with E-state index in [4.69, 9.17) is 9.84 Å². The van der Waals surface area contributed by atoms with Gasteiger partial charge in [0.05, 0.1) is 0 Å². The minimum absolute atomic E-state index is 0.112. The van der Waals surface area contributed by atoms with Crippen LogP contribution in [-0.2, 0) is 9.53 Å². The Kier molecular flexibility index (Phi) is 4.20. The van der Waals surface area contributed by atoms with Gasteiger partial charge in [-0.25, -0.2) is 0 Å². The van der Waals surface area contributed by atoms with Crippen molar-refractivity contribution in [3.8, 4) is 11.8 Å². The lowest BCUT2D eigenvalue weighted by Crippen LogP contribution is -2.39. The van der Waals surface area contributed by atoms with Crippen LogP contribution in [0.2, 0.25) is 0 Å². The van der Waals surface area contributed by atoms with Gasteiger partial charge >= 0.3 is 0 Å². The van der Waals surface area contributed by atoms with Gasteiger partial charge in [0, 0.05) is 17.9 Å². The largest absolute Gasteiger partial charge is 0.384 e. The zero-order valence-corrected chi connectivity index (χ0v) is 10.9. The predicted octanol–water partition coefficient (Wildman–Crippen LogP) is 1.54. The minimum atomic E-state index is -0.713. The Morgan fingerprint density at radius 1 is 1.47 bits per heavy atom. The molecule has 0 bridgehead atoms. The number of rotatable bonds is 2. The lowest BCUT2D eigenvalue weighted by molar-refractivity contribution is -0.133. The maximum absolute atomic E-state index is 12.1. The summed E-state index contributed by atoms with van der Waals surface area (Å²) < 4.78 is 5.49. The molecule has 1 fully saturated rings. The Bertz CT molecular complexity index is 504. The molecule has 0 radical (unpaired) electrons. The summed E-state index contributed by atoms with van der Waals surface area (Å²) in [4.78, 5) is 12.1. The highest BCUT2D eigenvalue weighted by atomic mass is 16.5. The normalized spacial score (nSPS) is 21.6. The van der Waals surface area contributed by atoms with E-state index in [-0.39, 0.29) is 12.5 Å². The Morgan fingerprint density at radius 2 is 2.21 bits per heavy atom. The number of hydrogen-bond donors (Lipinski definition) is 2. The van der Waals surface area contributed by atoms with E-state index in [0.717, 1.165) is 24.1 Å². The standard InChI is InChI=1S/C15H17NO3/c1-15(9-3-11-19-15)14(18)16-13-7-5-12(6-8-13)4-2-10-17/h5-8,17H,3,9-11H2,1H3,(H,16,18). The molecule has 1 saturated heterocycles. The first-order chi connectivity index (χ1) is 9.14. The van der Waals surface area contributed by atoms with Crippen LogP contribution in [0.4, 0.5) is 5.69 Å². The highest BCUT2D eigenvalue weighted by Crippen LogP contribution is 2.26. The molecule has 100 valence electrons. The Morgan fingerprint density at radius 3 is 2.79 bits per heavy atom. The van der Waals surface area contributed by atoms with Gasteiger partial charge in [0.1, 0.15) is 12.2 Å². The SMILES string of the molecule is CC1(C(=O)Nc2ccc(C#CCO)cc2)CCCO1. The zero-order chi connectivity index (χ0) is 13.7. The van der Waals surface area contributed by atoms with Crippen LogP contribution < -0.4 is 5.32 Å². The molecule has 1 amide bonds. The number of carbonyl (C=O) groups is 1. The summed E-state index contributed by atoms with van der Waals surface area (Å²) in [7, 11) is 0. The first-order valence-corrected chi connectivity index (χ1v) is 6.29. The third-order valence-corrected chi connectivity index (χ3v) is 3.15. The molecule has 1 aromatic carbocycles. The Labute approximate surface area is 112 Å². The average molecular weight is 259 g/mol. The highest BCUT2D eigenvalue weighted by molar-refractivity contribution is 5.97. The molecule has 0 aromatic heterocycles. The third kappa shape index (κ3) is 3.34. The quantitative estimate of drug-likeness (QED) is 0.792. The molecular weight excluding hydrogens is 242 g/mol. The number of amides is 1. The maximum atomic E-state index is 12.1. The molecule has 1 aliphatic rings. The molecule has 4 heteroatoms. The van der Waals surface area contributed by atoms with Crippen LogP contribution in [0.5, 0.6) is 0 Å². The van der Waals surface area contributed by atoms with Crippen LogP contribution in [0.15, 0.2) is 24.3 Å². The molecule has 19 heavy (non-hydrogen) atoms. The third-order valence-electron chi connectivity index (χ3n) is 3.15. The van der Waals surface area contributed by atoms with Crippen molar-refractivity contribution in [2.45, 2.75) is 25.4 Å². The van der Waals surface area contributed by atoms with E-state index >= 15 is 0 Å². The van der Waals surface area contributed by atoms with Crippen LogP contribution in [0.1, 0.15) is 25.3 Å². The van der Waals surface area contributed by atoms with Crippen molar-refractivity contribution in [2.24, 2.45) is 0 Å². The number of aliphatic hydroxyl groups excluding tert-OH is 1. The van der Waals surface area contributed by atoms with Crippen LogP contribution >= 0.6 is 0 Å². The van der Waals surface area contributed by atoms with Gasteiger partial charge in [0.2, 0.25) is 0 Å². The van der Waals surface area contributed by atoms with E-state index in [1.54, 1.807) is 24.3 Å². The monoisotopic (exact) mass is 259 g/mol. The smallest absolute Gasteiger partial charge is 0.256 e. The van der Waals surface area contributed by atoms with Gasteiger partial charge in [-0.05, 0) is 44.0 Å². The summed E-state index contributed by atoms with van der Waals surface area (Å²) in [6.45, 7) is 2.30. The second-order valence-electron chi connectivity index (χ2n) is 4.67.